The Morgan fingerprint density at radius 2 is 2.00 bits per heavy atom. The van der Waals surface area contributed by atoms with E-state index in [-0.39, 0.29) is 17.9 Å². The second-order valence-electron chi connectivity index (χ2n) is 7.55. The van der Waals surface area contributed by atoms with Gasteiger partial charge in [0.1, 0.15) is 5.54 Å². The zero-order valence-corrected chi connectivity index (χ0v) is 14.2. The maximum atomic E-state index is 12.3. The highest BCUT2D eigenvalue weighted by molar-refractivity contribution is 6.07. The fraction of sp³-hybridized carbons (Fsp3) is 0.579. The maximum Gasteiger partial charge on any atom is 0.322 e. The van der Waals surface area contributed by atoms with Gasteiger partial charge < -0.3 is 5.32 Å². The lowest BCUT2D eigenvalue weighted by Gasteiger charge is -2.44. The SMILES string of the molecule is C[C@]1([C@@H]2CCCN([C@H]3CCCc4ccccc43)C2)NC(=O)NC1=O. The molecule has 1 aliphatic carbocycles. The minimum absolute atomic E-state index is 0.159. The van der Waals surface area contributed by atoms with Crippen molar-refractivity contribution in [2.45, 2.75) is 50.6 Å². The number of aryl methyl sites for hydroxylation is 1. The lowest BCUT2D eigenvalue weighted by Crippen LogP contribution is -2.56. The number of nitrogens with one attached hydrogen (secondary N) is 2. The van der Waals surface area contributed by atoms with E-state index in [1.165, 1.54) is 30.4 Å². The summed E-state index contributed by atoms with van der Waals surface area (Å²) in [7, 11) is 0. The van der Waals surface area contributed by atoms with Crippen LogP contribution < -0.4 is 10.6 Å². The summed E-state index contributed by atoms with van der Waals surface area (Å²) in [5.41, 5.74) is 2.15. The number of fused-ring (bicyclic) bond motifs is 1. The molecule has 0 spiro atoms. The van der Waals surface area contributed by atoms with Gasteiger partial charge in [0.25, 0.3) is 5.91 Å². The van der Waals surface area contributed by atoms with Gasteiger partial charge in [0.15, 0.2) is 0 Å². The number of rotatable bonds is 2. The number of hydrogen-bond donors (Lipinski definition) is 2. The fourth-order valence-electron chi connectivity index (χ4n) is 4.71. The highest BCUT2D eigenvalue weighted by Crippen LogP contribution is 2.38. The Hall–Kier alpha value is -1.88. The van der Waals surface area contributed by atoms with Crippen molar-refractivity contribution in [2.24, 2.45) is 5.92 Å². The van der Waals surface area contributed by atoms with Crippen molar-refractivity contribution in [3.63, 3.8) is 0 Å². The van der Waals surface area contributed by atoms with Crippen LogP contribution in [0, 0.1) is 5.92 Å². The summed E-state index contributed by atoms with van der Waals surface area (Å²) >= 11 is 0. The molecule has 0 radical (unpaired) electrons. The largest absolute Gasteiger partial charge is 0.323 e. The van der Waals surface area contributed by atoms with E-state index in [0.29, 0.717) is 6.04 Å². The summed E-state index contributed by atoms with van der Waals surface area (Å²) in [5, 5.41) is 5.27. The molecule has 0 bridgehead atoms. The van der Waals surface area contributed by atoms with Crippen molar-refractivity contribution >= 4 is 11.9 Å². The topological polar surface area (TPSA) is 61.4 Å². The average molecular weight is 327 g/mol. The molecule has 5 heteroatoms. The summed E-state index contributed by atoms with van der Waals surface area (Å²) < 4.78 is 0. The lowest BCUT2D eigenvalue weighted by atomic mass is 9.78. The molecule has 3 aliphatic rings. The van der Waals surface area contributed by atoms with Crippen molar-refractivity contribution in [3.8, 4) is 0 Å². The van der Waals surface area contributed by atoms with E-state index >= 15 is 0 Å². The highest BCUT2D eigenvalue weighted by atomic mass is 16.2. The van der Waals surface area contributed by atoms with Crippen molar-refractivity contribution < 1.29 is 9.59 Å². The van der Waals surface area contributed by atoms with Crippen molar-refractivity contribution in [1.29, 1.82) is 0 Å². The Labute approximate surface area is 142 Å². The molecule has 3 amide bonds. The molecular weight excluding hydrogens is 302 g/mol. The maximum absolute atomic E-state index is 12.3. The van der Waals surface area contributed by atoms with E-state index in [9.17, 15) is 9.59 Å². The minimum atomic E-state index is -0.774. The van der Waals surface area contributed by atoms with Crippen LogP contribution in [0.5, 0.6) is 0 Å². The van der Waals surface area contributed by atoms with Crippen LogP contribution in [0.4, 0.5) is 4.79 Å². The molecule has 3 atom stereocenters. The third-order valence-corrected chi connectivity index (χ3v) is 6.12. The van der Waals surface area contributed by atoms with E-state index in [1.54, 1.807) is 0 Å². The number of piperidine rings is 1. The Morgan fingerprint density at radius 3 is 2.79 bits per heavy atom. The third kappa shape index (κ3) is 2.51. The number of urea groups is 1. The molecule has 1 aromatic carbocycles. The van der Waals surface area contributed by atoms with Gasteiger partial charge in [0.05, 0.1) is 0 Å². The van der Waals surface area contributed by atoms with Crippen molar-refractivity contribution in [1.82, 2.24) is 15.5 Å². The number of nitrogens with zero attached hydrogens (tertiary/aromatic N) is 1. The van der Waals surface area contributed by atoms with Crippen LogP contribution in [0.15, 0.2) is 24.3 Å². The summed E-state index contributed by atoms with van der Waals surface area (Å²) in [6.45, 7) is 3.81. The van der Waals surface area contributed by atoms with Gasteiger partial charge in [-0.05, 0) is 56.7 Å². The number of carbonyl (C=O) groups is 2. The molecule has 1 aromatic rings. The van der Waals surface area contributed by atoms with Gasteiger partial charge in [-0.1, -0.05) is 24.3 Å². The zero-order valence-electron chi connectivity index (χ0n) is 14.2. The molecule has 2 N–H and O–H groups in total. The predicted octanol–water partition coefficient (Wildman–Crippen LogP) is 2.37. The molecule has 0 aromatic heterocycles. The molecule has 2 saturated heterocycles. The number of amides is 3. The van der Waals surface area contributed by atoms with Crippen LogP contribution in [-0.4, -0.2) is 35.5 Å². The number of hydrogen-bond acceptors (Lipinski definition) is 3. The molecule has 2 heterocycles. The summed E-state index contributed by atoms with van der Waals surface area (Å²) in [5.74, 6) is -0.0183. The van der Waals surface area contributed by atoms with E-state index in [1.807, 2.05) is 6.92 Å². The molecule has 128 valence electrons. The Kier molecular flexibility index (Phi) is 3.83. The van der Waals surface area contributed by atoms with Crippen LogP contribution >= 0.6 is 0 Å². The minimum Gasteiger partial charge on any atom is -0.323 e. The summed E-state index contributed by atoms with van der Waals surface area (Å²) in [6.07, 6.45) is 5.62. The van der Waals surface area contributed by atoms with Crippen LogP contribution in [0.3, 0.4) is 0 Å². The lowest BCUT2D eigenvalue weighted by molar-refractivity contribution is -0.126. The normalized spacial score (nSPS) is 33.7. The number of imide groups is 1. The first kappa shape index (κ1) is 15.6. The van der Waals surface area contributed by atoms with Crippen molar-refractivity contribution in [3.05, 3.63) is 35.4 Å². The predicted molar refractivity (Wildman–Crippen MR) is 91.5 cm³/mol. The second kappa shape index (κ2) is 5.88. The Balaban J connectivity index is 1.56. The van der Waals surface area contributed by atoms with Crippen LogP contribution in [-0.2, 0) is 11.2 Å². The fourth-order valence-corrected chi connectivity index (χ4v) is 4.71. The molecule has 5 nitrogen and oxygen atoms in total. The molecule has 0 unspecified atom stereocenters. The van der Waals surface area contributed by atoms with Crippen molar-refractivity contribution in [2.75, 3.05) is 13.1 Å². The second-order valence-corrected chi connectivity index (χ2v) is 7.55. The smallest absolute Gasteiger partial charge is 0.322 e. The Bertz CT molecular complexity index is 674. The van der Waals surface area contributed by atoms with Gasteiger partial charge in [0, 0.05) is 18.5 Å². The molecule has 2 fully saturated rings. The average Bonchev–Trinajstić information content (AvgIpc) is 2.87. The zero-order chi connectivity index (χ0) is 16.7. The Morgan fingerprint density at radius 1 is 1.17 bits per heavy atom. The molecule has 4 rings (SSSR count). The first-order valence-electron chi connectivity index (χ1n) is 9.03. The molecular formula is C19H25N3O2. The quantitative estimate of drug-likeness (QED) is 0.820. The first-order chi connectivity index (χ1) is 11.6. The van der Waals surface area contributed by atoms with Gasteiger partial charge in [-0.25, -0.2) is 4.79 Å². The number of likely N-dealkylation sites (tertiary alicyclic amines) is 1. The molecule has 0 saturated carbocycles. The highest BCUT2D eigenvalue weighted by Gasteiger charge is 2.49. The summed E-state index contributed by atoms with van der Waals surface area (Å²) in [6, 6.07) is 8.84. The van der Waals surface area contributed by atoms with E-state index in [0.717, 1.165) is 25.9 Å². The van der Waals surface area contributed by atoms with Gasteiger partial charge in [0.2, 0.25) is 0 Å². The van der Waals surface area contributed by atoms with Gasteiger partial charge in [-0.3, -0.25) is 15.0 Å². The van der Waals surface area contributed by atoms with Crippen LogP contribution in [0.1, 0.15) is 49.8 Å². The van der Waals surface area contributed by atoms with E-state index < -0.39 is 5.54 Å². The van der Waals surface area contributed by atoms with Crippen LogP contribution in [0.2, 0.25) is 0 Å². The number of carbonyl (C=O) groups excluding carboxylic acids is 2. The molecule has 2 aliphatic heterocycles. The van der Waals surface area contributed by atoms with Gasteiger partial charge >= 0.3 is 6.03 Å². The monoisotopic (exact) mass is 327 g/mol. The van der Waals surface area contributed by atoms with Crippen LogP contribution in [0.25, 0.3) is 0 Å². The standard InChI is InChI=1S/C19H25N3O2/c1-19(17(23)20-18(24)21-19)14-8-5-11-22(12-14)16-10-4-7-13-6-2-3-9-15(13)16/h2-3,6,9,14,16H,4-5,7-8,10-12H2,1H3,(H2,20,21,23,24)/t14-,16+,19-/m1/s1. The van der Waals surface area contributed by atoms with Gasteiger partial charge in [-0.2, -0.15) is 0 Å². The van der Waals surface area contributed by atoms with Gasteiger partial charge in [-0.15, -0.1) is 0 Å². The molecule has 24 heavy (non-hydrogen) atoms. The first-order valence-corrected chi connectivity index (χ1v) is 9.03. The van der Waals surface area contributed by atoms with E-state index in [2.05, 4.69) is 39.8 Å². The number of benzene rings is 1. The van der Waals surface area contributed by atoms with E-state index in [4.69, 9.17) is 0 Å². The summed E-state index contributed by atoms with van der Waals surface area (Å²) in [4.78, 5) is 26.4. The third-order valence-electron chi connectivity index (χ3n) is 6.12.